The minimum Gasteiger partial charge on any atom is -0.508 e. The first-order valence-corrected chi connectivity index (χ1v) is 8.84. The third kappa shape index (κ3) is 7.94. The number of benzene rings is 2. The molecule has 12 nitrogen and oxygen atoms in total. The Labute approximate surface area is 171 Å². The van der Waals surface area contributed by atoms with E-state index in [0.717, 1.165) is 24.2 Å². The molecule has 0 fully saturated rings. The number of hydrogen-bond donors (Lipinski definition) is 3. The van der Waals surface area contributed by atoms with Crippen LogP contribution < -0.4 is 4.74 Å². The molecule has 0 aromatic heterocycles. The molecule has 2 aromatic carbocycles. The fourth-order valence-electron chi connectivity index (χ4n) is 1.71. The lowest BCUT2D eigenvalue weighted by atomic mass is 10.2. The quantitative estimate of drug-likeness (QED) is 0.121. The molecule has 0 radical (unpaired) electrons. The Morgan fingerprint density at radius 2 is 1.86 bits per heavy atom. The Morgan fingerprint density at radius 1 is 1.14 bits per heavy atom. The van der Waals surface area contributed by atoms with Crippen molar-refractivity contribution in [2.75, 3.05) is 5.75 Å². The summed E-state index contributed by atoms with van der Waals surface area (Å²) in [7, 11) is 0. The number of carbonyl (C=O) groups is 2. The van der Waals surface area contributed by atoms with Crippen molar-refractivity contribution in [3.05, 3.63) is 36.4 Å². The molecule has 0 aliphatic heterocycles. The standard InChI is InChI=1S/C15H12N2O9S2.H2O/c18-8-23-13-6-10(19)5-12(20)15(13)17-16-9-1-3-11(4-2-9)28-24-14(21)7-27-26-25-22;/h1-6,8,19-20,22H,7H2;1H2. The predicted octanol–water partition coefficient (Wildman–Crippen LogP) is 2.84. The summed E-state index contributed by atoms with van der Waals surface area (Å²) in [5.74, 6) is -1.70. The Kier molecular flexibility index (Phi) is 10.5. The highest BCUT2D eigenvalue weighted by molar-refractivity contribution is 7.96. The number of carbonyl (C=O) groups excluding carboxylic acids is 2. The van der Waals surface area contributed by atoms with Gasteiger partial charge in [0.2, 0.25) is 0 Å². The summed E-state index contributed by atoms with van der Waals surface area (Å²) in [6.45, 7) is 0.127. The molecular formula is C15H14N2O10S2. The van der Waals surface area contributed by atoms with Crippen molar-refractivity contribution in [2.24, 2.45) is 10.2 Å². The van der Waals surface area contributed by atoms with Gasteiger partial charge in [-0.2, -0.15) is 5.11 Å². The number of phenols is 2. The van der Waals surface area contributed by atoms with Crippen LogP contribution in [0, 0.1) is 0 Å². The van der Waals surface area contributed by atoms with Crippen molar-refractivity contribution in [3.63, 3.8) is 0 Å². The lowest BCUT2D eigenvalue weighted by Gasteiger charge is -2.05. The summed E-state index contributed by atoms with van der Waals surface area (Å²) in [6, 6.07) is 8.46. The third-order valence-corrected chi connectivity index (χ3v) is 4.05. The van der Waals surface area contributed by atoms with E-state index in [9.17, 15) is 19.8 Å². The number of nitrogens with zero attached hydrogens (tertiary/aromatic N) is 2. The molecule has 0 aliphatic rings. The van der Waals surface area contributed by atoms with E-state index in [0.29, 0.717) is 22.6 Å². The molecule has 0 aliphatic carbocycles. The van der Waals surface area contributed by atoms with Gasteiger partial charge in [0.15, 0.2) is 17.2 Å². The van der Waals surface area contributed by atoms with Gasteiger partial charge in [-0.1, -0.05) is 5.04 Å². The Morgan fingerprint density at radius 3 is 2.52 bits per heavy atom. The first-order valence-electron chi connectivity index (χ1n) is 7.18. The lowest BCUT2D eigenvalue weighted by molar-refractivity contribution is -0.432. The molecule has 5 N–H and O–H groups in total. The molecule has 14 heteroatoms. The number of aromatic hydroxyl groups is 2. The summed E-state index contributed by atoms with van der Waals surface area (Å²) in [5.41, 5.74) is 0.258. The minimum atomic E-state index is -0.610. The highest BCUT2D eigenvalue weighted by Gasteiger charge is 2.12. The molecular weight excluding hydrogens is 432 g/mol. The zero-order chi connectivity index (χ0) is 20.4. The highest BCUT2D eigenvalue weighted by Crippen LogP contribution is 2.41. The molecule has 0 atom stereocenters. The number of ether oxygens (including phenoxy) is 1. The molecule has 0 unspecified atom stereocenters. The van der Waals surface area contributed by atoms with E-state index in [4.69, 9.17) is 9.44 Å². The molecule has 0 heterocycles. The van der Waals surface area contributed by atoms with Gasteiger partial charge >= 0.3 is 5.97 Å². The summed E-state index contributed by atoms with van der Waals surface area (Å²) in [6.07, 6.45) is 0. The van der Waals surface area contributed by atoms with Gasteiger partial charge in [-0.15, -0.1) is 9.45 Å². The first kappa shape index (κ1) is 24.2. The van der Waals surface area contributed by atoms with Crippen LogP contribution in [0.1, 0.15) is 0 Å². The van der Waals surface area contributed by atoms with Gasteiger partial charge in [-0.25, -0.2) is 5.26 Å². The maximum Gasteiger partial charge on any atom is 0.330 e. The van der Waals surface area contributed by atoms with E-state index in [1.807, 2.05) is 0 Å². The van der Waals surface area contributed by atoms with Crippen LogP contribution in [0.5, 0.6) is 17.2 Å². The monoisotopic (exact) mass is 446 g/mol. The second kappa shape index (κ2) is 12.6. The molecule has 0 saturated heterocycles. The Hall–Kier alpha value is -2.88. The van der Waals surface area contributed by atoms with Gasteiger partial charge in [0.05, 0.1) is 17.7 Å². The molecule has 0 saturated carbocycles. The van der Waals surface area contributed by atoms with Crippen LogP contribution in [-0.4, -0.2) is 39.1 Å². The van der Waals surface area contributed by atoms with E-state index >= 15 is 0 Å². The molecule has 2 aromatic rings. The average molecular weight is 446 g/mol. The van der Waals surface area contributed by atoms with Crippen LogP contribution in [-0.2, 0) is 23.1 Å². The number of rotatable bonds is 10. The molecule has 0 spiro atoms. The SMILES string of the molecule is O.O=COc1cc(O)cc(O)c1N=Nc1ccc(SOC(=O)CSOOO)cc1. The van der Waals surface area contributed by atoms with Crippen LogP contribution in [0.2, 0.25) is 0 Å². The summed E-state index contributed by atoms with van der Waals surface area (Å²) < 4.78 is 13.6. The van der Waals surface area contributed by atoms with Crippen molar-refractivity contribution in [2.45, 2.75) is 4.90 Å². The number of phenolic OH excluding ortho intramolecular Hbond substituents is 2. The van der Waals surface area contributed by atoms with Crippen LogP contribution in [0.15, 0.2) is 51.5 Å². The number of hydrogen-bond acceptors (Lipinski definition) is 13. The van der Waals surface area contributed by atoms with E-state index in [1.54, 1.807) is 24.3 Å². The van der Waals surface area contributed by atoms with Crippen molar-refractivity contribution >= 4 is 47.9 Å². The van der Waals surface area contributed by atoms with Gasteiger partial charge in [0.25, 0.3) is 6.47 Å². The van der Waals surface area contributed by atoms with Crippen LogP contribution in [0.3, 0.4) is 0 Å². The normalized spacial score (nSPS) is 10.4. The fourth-order valence-corrected chi connectivity index (χ4v) is 2.53. The zero-order valence-corrected chi connectivity index (χ0v) is 15.9. The summed E-state index contributed by atoms with van der Waals surface area (Å²) in [5, 5.41) is 38.2. The van der Waals surface area contributed by atoms with Crippen molar-refractivity contribution in [3.8, 4) is 17.2 Å². The van der Waals surface area contributed by atoms with Crippen LogP contribution >= 0.6 is 24.1 Å². The molecule has 2 rings (SSSR count). The summed E-state index contributed by atoms with van der Waals surface area (Å²) >= 11 is 1.36. The third-order valence-electron chi connectivity index (χ3n) is 2.80. The minimum absolute atomic E-state index is 0. The zero-order valence-electron chi connectivity index (χ0n) is 14.3. The van der Waals surface area contributed by atoms with Gasteiger partial charge in [-0.05, 0) is 24.3 Å². The van der Waals surface area contributed by atoms with E-state index < -0.39 is 11.7 Å². The molecule has 0 amide bonds. The largest absolute Gasteiger partial charge is 0.508 e. The molecule has 156 valence electrons. The van der Waals surface area contributed by atoms with Crippen molar-refractivity contribution in [1.82, 2.24) is 0 Å². The van der Waals surface area contributed by atoms with E-state index in [1.165, 1.54) is 0 Å². The molecule has 29 heavy (non-hydrogen) atoms. The van der Waals surface area contributed by atoms with Gasteiger partial charge in [0.1, 0.15) is 11.5 Å². The molecule has 0 bridgehead atoms. The smallest absolute Gasteiger partial charge is 0.330 e. The van der Waals surface area contributed by atoms with Crippen LogP contribution in [0.4, 0.5) is 11.4 Å². The summed E-state index contributed by atoms with van der Waals surface area (Å²) in [4.78, 5) is 22.5. The Bertz CT molecular complexity index is 848. The lowest BCUT2D eigenvalue weighted by Crippen LogP contribution is -2.02. The fraction of sp³-hybridized carbons (Fsp3) is 0.0667. The van der Waals surface area contributed by atoms with Gasteiger partial charge in [0, 0.05) is 29.1 Å². The second-order valence-corrected chi connectivity index (χ2v) is 6.13. The van der Waals surface area contributed by atoms with E-state index in [2.05, 4.69) is 24.3 Å². The maximum atomic E-state index is 11.4. The van der Waals surface area contributed by atoms with E-state index in [-0.39, 0.29) is 34.9 Å². The van der Waals surface area contributed by atoms with Crippen LogP contribution in [0.25, 0.3) is 0 Å². The van der Waals surface area contributed by atoms with Gasteiger partial charge < -0.3 is 24.6 Å². The second-order valence-electron chi connectivity index (χ2n) is 4.66. The van der Waals surface area contributed by atoms with Gasteiger partial charge in [-0.3, -0.25) is 9.59 Å². The number of azo groups is 1. The topological polar surface area (TPSA) is 188 Å². The first-order chi connectivity index (χ1) is 13.5. The average Bonchev–Trinajstić information content (AvgIpc) is 2.67. The highest BCUT2D eigenvalue weighted by atomic mass is 32.2. The predicted molar refractivity (Wildman–Crippen MR) is 99.9 cm³/mol. The Balaban J connectivity index is 0.00000420. The van der Waals surface area contributed by atoms with Crippen molar-refractivity contribution in [1.29, 1.82) is 0 Å². The van der Waals surface area contributed by atoms with Crippen molar-refractivity contribution < 1.29 is 48.8 Å². The maximum absolute atomic E-state index is 11.4.